The van der Waals surface area contributed by atoms with Gasteiger partial charge in [0.1, 0.15) is 6.42 Å². The highest BCUT2D eigenvalue weighted by atomic mass is 35.5. The molecule has 1 unspecified atom stereocenters. The van der Waals surface area contributed by atoms with Crippen molar-refractivity contribution < 1.29 is 9.59 Å². The molecule has 0 spiro atoms. The number of nitrogens with zero attached hydrogens (tertiary/aromatic N) is 4. The molecule has 1 saturated heterocycles. The van der Waals surface area contributed by atoms with Gasteiger partial charge in [-0.2, -0.15) is 5.26 Å². The van der Waals surface area contributed by atoms with Crippen molar-refractivity contribution >= 4 is 35.1 Å². The van der Waals surface area contributed by atoms with Gasteiger partial charge in [0.05, 0.1) is 23.5 Å². The van der Waals surface area contributed by atoms with Gasteiger partial charge >= 0.3 is 0 Å². The maximum atomic E-state index is 12.7. The molecule has 2 amide bonds. The predicted molar refractivity (Wildman–Crippen MR) is 100 cm³/mol. The zero-order chi connectivity index (χ0) is 19.2. The standard InChI is InChI=1S/C18H17ClN6O2/c19-13-9-21-18(22-10-13)24-15-5-7-25(11-15)17(27)12-2-1-3-14(8-12)23-16(26)4-6-20/h1-3,8-10,15H,4-5,7,11H2,(H,23,26)(H,21,22,24). The largest absolute Gasteiger partial charge is 0.350 e. The van der Waals surface area contributed by atoms with Crippen molar-refractivity contribution in [2.45, 2.75) is 18.9 Å². The molecule has 2 aromatic rings. The minimum Gasteiger partial charge on any atom is -0.350 e. The molecule has 1 atom stereocenters. The third-order valence-corrected chi connectivity index (χ3v) is 4.26. The van der Waals surface area contributed by atoms with Gasteiger partial charge in [-0.15, -0.1) is 0 Å². The number of amides is 2. The molecule has 3 rings (SSSR count). The summed E-state index contributed by atoms with van der Waals surface area (Å²) in [6.45, 7) is 1.13. The summed E-state index contributed by atoms with van der Waals surface area (Å²) in [7, 11) is 0. The number of rotatable bonds is 5. The van der Waals surface area contributed by atoms with Crippen LogP contribution in [-0.4, -0.2) is 45.8 Å². The van der Waals surface area contributed by atoms with Crippen LogP contribution in [0.2, 0.25) is 5.02 Å². The molecule has 0 aliphatic carbocycles. The van der Waals surface area contributed by atoms with Gasteiger partial charge in [-0.05, 0) is 24.6 Å². The van der Waals surface area contributed by atoms with Crippen LogP contribution in [-0.2, 0) is 4.79 Å². The van der Waals surface area contributed by atoms with E-state index in [1.165, 1.54) is 12.4 Å². The Morgan fingerprint density at radius 2 is 2.11 bits per heavy atom. The molecule has 8 nitrogen and oxygen atoms in total. The van der Waals surface area contributed by atoms with Crippen LogP contribution in [0, 0.1) is 11.3 Å². The van der Waals surface area contributed by atoms with Crippen LogP contribution in [0.3, 0.4) is 0 Å². The van der Waals surface area contributed by atoms with Gasteiger partial charge in [0.15, 0.2) is 0 Å². The normalized spacial score (nSPS) is 15.9. The van der Waals surface area contributed by atoms with Crippen LogP contribution >= 0.6 is 11.6 Å². The van der Waals surface area contributed by atoms with Crippen LogP contribution < -0.4 is 10.6 Å². The van der Waals surface area contributed by atoms with Crippen molar-refractivity contribution in [3.8, 4) is 6.07 Å². The fraction of sp³-hybridized carbons (Fsp3) is 0.278. The second-order valence-corrected chi connectivity index (χ2v) is 6.51. The highest BCUT2D eigenvalue weighted by Gasteiger charge is 2.27. The smallest absolute Gasteiger partial charge is 0.254 e. The minimum atomic E-state index is -0.407. The molecule has 0 bridgehead atoms. The van der Waals surface area contributed by atoms with E-state index in [1.807, 2.05) is 0 Å². The monoisotopic (exact) mass is 384 g/mol. The van der Waals surface area contributed by atoms with Crippen molar-refractivity contribution in [2.24, 2.45) is 0 Å². The summed E-state index contributed by atoms with van der Waals surface area (Å²) in [4.78, 5) is 34.2. The molecule has 1 aliphatic rings. The minimum absolute atomic E-state index is 0.0497. The Morgan fingerprint density at radius 3 is 2.85 bits per heavy atom. The number of halogens is 1. The number of benzene rings is 1. The maximum Gasteiger partial charge on any atom is 0.254 e. The van der Waals surface area contributed by atoms with Crippen molar-refractivity contribution in [1.82, 2.24) is 14.9 Å². The number of nitrogens with one attached hydrogen (secondary N) is 2. The molecular formula is C18H17ClN6O2. The lowest BCUT2D eigenvalue weighted by Gasteiger charge is -2.17. The maximum absolute atomic E-state index is 12.7. The fourth-order valence-electron chi connectivity index (χ4n) is 2.82. The van der Waals surface area contributed by atoms with E-state index in [2.05, 4.69) is 20.6 Å². The fourth-order valence-corrected chi connectivity index (χ4v) is 2.92. The first-order valence-corrected chi connectivity index (χ1v) is 8.73. The first-order chi connectivity index (χ1) is 13.0. The van der Waals surface area contributed by atoms with Gasteiger partial charge in [-0.1, -0.05) is 17.7 Å². The summed E-state index contributed by atoms with van der Waals surface area (Å²) in [5.41, 5.74) is 0.970. The molecular weight excluding hydrogens is 368 g/mol. The number of carbonyl (C=O) groups excluding carboxylic acids is 2. The predicted octanol–water partition coefficient (Wildman–Crippen LogP) is 2.31. The Labute approximate surface area is 161 Å². The van der Waals surface area contributed by atoms with Crippen molar-refractivity contribution in [1.29, 1.82) is 5.26 Å². The van der Waals surface area contributed by atoms with Gasteiger partial charge in [0.2, 0.25) is 11.9 Å². The third-order valence-electron chi connectivity index (χ3n) is 4.06. The summed E-state index contributed by atoms with van der Waals surface area (Å²) in [6.07, 6.45) is 3.57. The molecule has 138 valence electrons. The van der Waals surface area contributed by atoms with Gasteiger partial charge in [0, 0.05) is 30.4 Å². The molecule has 0 radical (unpaired) electrons. The molecule has 0 saturated carbocycles. The summed E-state index contributed by atoms with van der Waals surface area (Å²) in [5, 5.41) is 14.8. The number of anilines is 2. The van der Waals surface area contributed by atoms with Gasteiger partial charge < -0.3 is 15.5 Å². The van der Waals surface area contributed by atoms with E-state index in [1.54, 1.807) is 35.2 Å². The van der Waals surface area contributed by atoms with E-state index in [0.29, 0.717) is 35.3 Å². The molecule has 2 N–H and O–H groups in total. The second-order valence-electron chi connectivity index (χ2n) is 6.07. The lowest BCUT2D eigenvalue weighted by atomic mass is 10.1. The van der Waals surface area contributed by atoms with E-state index in [0.717, 1.165) is 6.42 Å². The number of likely N-dealkylation sites (tertiary alicyclic amines) is 1. The van der Waals surface area contributed by atoms with E-state index in [-0.39, 0.29) is 18.4 Å². The van der Waals surface area contributed by atoms with Crippen molar-refractivity contribution in [2.75, 3.05) is 23.7 Å². The highest BCUT2D eigenvalue weighted by Crippen LogP contribution is 2.19. The average molecular weight is 385 g/mol. The lowest BCUT2D eigenvalue weighted by Crippen LogP contribution is -2.31. The number of carbonyl (C=O) groups is 2. The van der Waals surface area contributed by atoms with Crippen LogP contribution in [0.1, 0.15) is 23.2 Å². The van der Waals surface area contributed by atoms with Crippen molar-refractivity contribution in [3.05, 3.63) is 47.2 Å². The van der Waals surface area contributed by atoms with Crippen molar-refractivity contribution in [3.63, 3.8) is 0 Å². The summed E-state index contributed by atoms with van der Waals surface area (Å²) in [5.74, 6) is -0.0518. The van der Waals surface area contributed by atoms with Crippen LogP contribution in [0.4, 0.5) is 11.6 Å². The summed E-state index contributed by atoms with van der Waals surface area (Å²) < 4.78 is 0. The van der Waals surface area contributed by atoms with Crippen LogP contribution in [0.15, 0.2) is 36.7 Å². The van der Waals surface area contributed by atoms with E-state index in [4.69, 9.17) is 16.9 Å². The average Bonchev–Trinajstić information content (AvgIpc) is 3.12. The Kier molecular flexibility index (Phi) is 5.84. The summed E-state index contributed by atoms with van der Waals surface area (Å²) >= 11 is 5.77. The molecule has 9 heteroatoms. The molecule has 1 aliphatic heterocycles. The number of hydrogen-bond acceptors (Lipinski definition) is 6. The van der Waals surface area contributed by atoms with E-state index in [9.17, 15) is 9.59 Å². The number of hydrogen-bond donors (Lipinski definition) is 2. The Bertz CT molecular complexity index is 880. The molecule has 1 fully saturated rings. The van der Waals surface area contributed by atoms with E-state index >= 15 is 0 Å². The zero-order valence-corrected chi connectivity index (χ0v) is 15.1. The topological polar surface area (TPSA) is 111 Å². The molecule has 2 heterocycles. The number of aromatic nitrogens is 2. The molecule has 1 aromatic heterocycles. The first-order valence-electron chi connectivity index (χ1n) is 8.35. The quantitative estimate of drug-likeness (QED) is 0.818. The molecule has 1 aromatic carbocycles. The van der Waals surface area contributed by atoms with Crippen LogP contribution in [0.25, 0.3) is 0 Å². The first kappa shape index (κ1) is 18.6. The second kappa shape index (κ2) is 8.47. The molecule has 27 heavy (non-hydrogen) atoms. The number of nitriles is 1. The SMILES string of the molecule is N#CCC(=O)Nc1cccc(C(=O)N2CCC(Nc3ncc(Cl)cn3)C2)c1. The van der Waals surface area contributed by atoms with Gasteiger partial charge in [0.25, 0.3) is 5.91 Å². The van der Waals surface area contributed by atoms with Crippen LogP contribution in [0.5, 0.6) is 0 Å². The Hall–Kier alpha value is -3.18. The summed E-state index contributed by atoms with van der Waals surface area (Å²) in [6, 6.07) is 8.52. The Balaban J connectivity index is 1.60. The van der Waals surface area contributed by atoms with E-state index < -0.39 is 5.91 Å². The zero-order valence-electron chi connectivity index (χ0n) is 14.4. The lowest BCUT2D eigenvalue weighted by molar-refractivity contribution is -0.115. The Morgan fingerprint density at radius 1 is 1.33 bits per heavy atom. The van der Waals surface area contributed by atoms with Gasteiger partial charge in [-0.25, -0.2) is 9.97 Å². The van der Waals surface area contributed by atoms with Gasteiger partial charge in [-0.3, -0.25) is 9.59 Å². The highest BCUT2D eigenvalue weighted by molar-refractivity contribution is 6.30. The third kappa shape index (κ3) is 4.92.